The number of benzene rings is 4. The summed E-state index contributed by atoms with van der Waals surface area (Å²) in [6, 6.07) is 36.8. The van der Waals surface area contributed by atoms with E-state index in [1.807, 2.05) is 71.4 Å². The van der Waals surface area contributed by atoms with Gasteiger partial charge in [-0.05, 0) is 40.1 Å². The Labute approximate surface area is 210 Å². The maximum atomic E-state index is 14.5. The molecule has 0 saturated carbocycles. The zero-order chi connectivity index (χ0) is 24.6. The van der Waals surface area contributed by atoms with E-state index in [2.05, 4.69) is 62.4 Å². The standard InChI is InChI=1S/C33H26N2O/c1-22(2)26-20-19-24-16-11-21-34-30(24)32(26)35-31(25-14-7-4-8-15-25)29(23-12-5-3-6-13-23)27-17-9-10-18-28(27)33(35)36/h3-22H,1-2H3. The van der Waals surface area contributed by atoms with Crippen molar-refractivity contribution in [2.75, 3.05) is 0 Å². The topological polar surface area (TPSA) is 34.9 Å². The molecule has 0 bridgehead atoms. The molecule has 0 amide bonds. The van der Waals surface area contributed by atoms with Crippen molar-refractivity contribution in [2.45, 2.75) is 19.8 Å². The van der Waals surface area contributed by atoms with Crippen molar-refractivity contribution in [1.82, 2.24) is 9.55 Å². The largest absolute Gasteiger partial charge is 0.273 e. The Kier molecular flexibility index (Phi) is 5.46. The van der Waals surface area contributed by atoms with Crippen molar-refractivity contribution in [3.05, 3.63) is 131 Å². The van der Waals surface area contributed by atoms with Gasteiger partial charge in [0.05, 0.1) is 16.9 Å². The van der Waals surface area contributed by atoms with Gasteiger partial charge in [0.15, 0.2) is 0 Å². The van der Waals surface area contributed by atoms with Gasteiger partial charge in [-0.15, -0.1) is 0 Å². The fourth-order valence-electron chi connectivity index (χ4n) is 5.18. The van der Waals surface area contributed by atoms with Crippen LogP contribution >= 0.6 is 0 Å². The lowest BCUT2D eigenvalue weighted by Crippen LogP contribution is -2.23. The summed E-state index contributed by atoms with van der Waals surface area (Å²) < 4.78 is 1.92. The number of pyridine rings is 2. The smallest absolute Gasteiger partial charge is 0.263 e. The van der Waals surface area contributed by atoms with Gasteiger partial charge in [0.25, 0.3) is 5.56 Å². The van der Waals surface area contributed by atoms with Crippen molar-refractivity contribution in [3.8, 4) is 28.1 Å². The van der Waals surface area contributed by atoms with Crippen LogP contribution in [0.2, 0.25) is 0 Å². The normalized spacial score (nSPS) is 11.4. The first-order chi connectivity index (χ1) is 17.6. The Hall–Kier alpha value is -4.50. The molecular weight excluding hydrogens is 440 g/mol. The minimum atomic E-state index is -0.0378. The summed E-state index contributed by atoms with van der Waals surface area (Å²) in [4.78, 5) is 19.3. The number of fused-ring (bicyclic) bond motifs is 2. The Bertz CT molecular complexity index is 1770. The molecule has 0 aliphatic rings. The van der Waals surface area contributed by atoms with Gasteiger partial charge in [0.1, 0.15) is 0 Å². The SMILES string of the molecule is CC(C)c1ccc2cccnc2c1-n1c(-c2ccccc2)c(-c2ccccc2)c2ccccc2c1=O. The molecule has 4 aromatic carbocycles. The molecule has 174 valence electrons. The van der Waals surface area contributed by atoms with E-state index in [9.17, 15) is 4.79 Å². The van der Waals surface area contributed by atoms with E-state index in [0.717, 1.165) is 49.9 Å². The van der Waals surface area contributed by atoms with Crippen LogP contribution in [0.3, 0.4) is 0 Å². The summed E-state index contributed by atoms with van der Waals surface area (Å²) in [6.07, 6.45) is 1.81. The molecule has 3 heteroatoms. The van der Waals surface area contributed by atoms with Gasteiger partial charge in [-0.3, -0.25) is 14.3 Å². The van der Waals surface area contributed by atoms with Crippen molar-refractivity contribution >= 4 is 21.7 Å². The Morgan fingerprint density at radius 1 is 0.667 bits per heavy atom. The lowest BCUT2D eigenvalue weighted by molar-refractivity contribution is 0.845. The van der Waals surface area contributed by atoms with Gasteiger partial charge in [0, 0.05) is 22.5 Å². The summed E-state index contributed by atoms with van der Waals surface area (Å²) in [5, 5.41) is 2.65. The second-order valence-corrected chi connectivity index (χ2v) is 9.38. The van der Waals surface area contributed by atoms with E-state index in [1.165, 1.54) is 0 Å². The van der Waals surface area contributed by atoms with Crippen LogP contribution in [0.4, 0.5) is 0 Å². The van der Waals surface area contributed by atoms with E-state index in [1.54, 1.807) is 0 Å². The minimum absolute atomic E-state index is 0.0378. The average Bonchev–Trinajstić information content (AvgIpc) is 2.93. The van der Waals surface area contributed by atoms with Gasteiger partial charge < -0.3 is 0 Å². The van der Waals surface area contributed by atoms with Crippen LogP contribution < -0.4 is 5.56 Å². The van der Waals surface area contributed by atoms with Crippen molar-refractivity contribution < 1.29 is 0 Å². The molecule has 0 spiro atoms. The third kappa shape index (κ3) is 3.52. The van der Waals surface area contributed by atoms with Crippen molar-refractivity contribution in [3.63, 3.8) is 0 Å². The Morgan fingerprint density at radius 2 is 1.31 bits per heavy atom. The van der Waals surface area contributed by atoms with Gasteiger partial charge >= 0.3 is 0 Å². The molecule has 0 saturated heterocycles. The first-order valence-electron chi connectivity index (χ1n) is 12.3. The van der Waals surface area contributed by atoms with Crippen LogP contribution in [0.15, 0.2) is 120 Å². The first kappa shape index (κ1) is 22.0. The molecule has 36 heavy (non-hydrogen) atoms. The fourth-order valence-corrected chi connectivity index (χ4v) is 5.18. The second-order valence-electron chi connectivity index (χ2n) is 9.38. The Balaban J connectivity index is 1.92. The highest BCUT2D eigenvalue weighted by atomic mass is 16.1. The summed E-state index contributed by atoms with van der Waals surface area (Å²) in [6.45, 7) is 4.33. The third-order valence-electron chi connectivity index (χ3n) is 6.82. The van der Waals surface area contributed by atoms with Crippen LogP contribution in [0, 0.1) is 0 Å². The number of nitrogens with zero attached hydrogens (tertiary/aromatic N) is 2. The molecule has 2 aromatic heterocycles. The molecule has 0 aliphatic heterocycles. The quantitative estimate of drug-likeness (QED) is 0.264. The van der Waals surface area contributed by atoms with E-state index in [4.69, 9.17) is 4.98 Å². The van der Waals surface area contributed by atoms with E-state index in [0.29, 0.717) is 5.39 Å². The maximum absolute atomic E-state index is 14.5. The predicted molar refractivity (Wildman–Crippen MR) is 150 cm³/mol. The zero-order valence-corrected chi connectivity index (χ0v) is 20.3. The van der Waals surface area contributed by atoms with Crippen LogP contribution in [0.1, 0.15) is 25.3 Å². The first-order valence-corrected chi connectivity index (χ1v) is 12.3. The van der Waals surface area contributed by atoms with Crippen LogP contribution in [0.25, 0.3) is 49.7 Å². The molecule has 0 atom stereocenters. The lowest BCUT2D eigenvalue weighted by atomic mass is 9.92. The van der Waals surface area contributed by atoms with Gasteiger partial charge in [-0.25, -0.2) is 0 Å². The molecule has 6 aromatic rings. The summed E-state index contributed by atoms with van der Waals surface area (Å²) in [5.74, 6) is 0.202. The van der Waals surface area contributed by atoms with E-state index >= 15 is 0 Å². The molecule has 3 nitrogen and oxygen atoms in total. The van der Waals surface area contributed by atoms with Gasteiger partial charge in [0.2, 0.25) is 0 Å². The highest BCUT2D eigenvalue weighted by molar-refractivity contribution is 6.04. The van der Waals surface area contributed by atoms with Gasteiger partial charge in [-0.1, -0.05) is 111 Å². The lowest BCUT2D eigenvalue weighted by Gasteiger charge is -2.24. The van der Waals surface area contributed by atoms with Gasteiger partial charge in [-0.2, -0.15) is 0 Å². The summed E-state index contributed by atoms with van der Waals surface area (Å²) >= 11 is 0. The van der Waals surface area contributed by atoms with Crippen LogP contribution in [-0.4, -0.2) is 9.55 Å². The van der Waals surface area contributed by atoms with E-state index < -0.39 is 0 Å². The number of rotatable bonds is 4. The Morgan fingerprint density at radius 3 is 2.00 bits per heavy atom. The molecule has 0 unspecified atom stereocenters. The molecule has 0 N–H and O–H groups in total. The molecule has 2 heterocycles. The monoisotopic (exact) mass is 466 g/mol. The van der Waals surface area contributed by atoms with Crippen LogP contribution in [-0.2, 0) is 0 Å². The second kappa shape index (κ2) is 8.94. The molecule has 6 rings (SSSR count). The van der Waals surface area contributed by atoms with Crippen molar-refractivity contribution in [1.29, 1.82) is 0 Å². The summed E-state index contributed by atoms with van der Waals surface area (Å²) in [7, 11) is 0. The maximum Gasteiger partial charge on any atom is 0.263 e. The van der Waals surface area contributed by atoms with Crippen LogP contribution in [0.5, 0.6) is 0 Å². The molecule has 0 aliphatic carbocycles. The molecule has 0 radical (unpaired) electrons. The fraction of sp³-hybridized carbons (Fsp3) is 0.0909. The number of hydrogen-bond donors (Lipinski definition) is 0. The predicted octanol–water partition coefficient (Wildman–Crippen LogP) is 8.00. The minimum Gasteiger partial charge on any atom is -0.273 e. The number of hydrogen-bond acceptors (Lipinski definition) is 2. The third-order valence-corrected chi connectivity index (χ3v) is 6.82. The van der Waals surface area contributed by atoms with E-state index in [-0.39, 0.29) is 11.5 Å². The average molecular weight is 467 g/mol. The summed E-state index contributed by atoms with van der Waals surface area (Å²) in [5.41, 5.74) is 6.72. The zero-order valence-electron chi connectivity index (χ0n) is 20.3. The molecular formula is C33H26N2O. The number of aromatic nitrogens is 2. The molecule has 0 fully saturated rings. The van der Waals surface area contributed by atoms with Crippen molar-refractivity contribution in [2.24, 2.45) is 0 Å². The highest BCUT2D eigenvalue weighted by Crippen LogP contribution is 2.40. The highest BCUT2D eigenvalue weighted by Gasteiger charge is 2.24.